The highest BCUT2D eigenvalue weighted by Crippen LogP contribution is 2.17. The molecule has 0 radical (unpaired) electrons. The molecule has 7 nitrogen and oxygen atoms in total. The molecule has 0 saturated heterocycles. The van der Waals surface area contributed by atoms with Crippen molar-refractivity contribution >= 4 is 22.8 Å². The van der Waals surface area contributed by atoms with Gasteiger partial charge in [-0.3, -0.25) is 9.59 Å². The zero-order chi connectivity index (χ0) is 18.9. The number of imidazole rings is 1. The minimum atomic E-state index is -0.130. The number of fused-ring (bicyclic) bond motifs is 1. The molecule has 7 heteroatoms. The Hall–Kier alpha value is -2.41. The van der Waals surface area contributed by atoms with Crippen LogP contribution in [0.2, 0.25) is 0 Å². The highest BCUT2D eigenvalue weighted by Gasteiger charge is 2.13. The van der Waals surface area contributed by atoms with E-state index < -0.39 is 0 Å². The summed E-state index contributed by atoms with van der Waals surface area (Å²) in [4.78, 5) is 28.4. The third-order valence-corrected chi connectivity index (χ3v) is 3.92. The van der Waals surface area contributed by atoms with Gasteiger partial charge in [-0.05, 0) is 24.5 Å². The molecule has 1 aromatic heterocycles. The first kappa shape index (κ1) is 19.9. The van der Waals surface area contributed by atoms with Crippen LogP contribution in [0.5, 0.6) is 0 Å². The second kappa shape index (κ2) is 9.91. The second-order valence-electron chi connectivity index (χ2n) is 6.69. The van der Waals surface area contributed by atoms with Crippen LogP contribution in [0.1, 0.15) is 26.1 Å². The average Bonchev–Trinajstić information content (AvgIpc) is 2.95. The molecule has 142 valence electrons. The van der Waals surface area contributed by atoms with Gasteiger partial charge < -0.3 is 19.9 Å². The van der Waals surface area contributed by atoms with E-state index >= 15 is 0 Å². The van der Waals surface area contributed by atoms with E-state index in [4.69, 9.17) is 4.74 Å². The summed E-state index contributed by atoms with van der Waals surface area (Å²) in [5, 5.41) is 5.75. The van der Waals surface area contributed by atoms with Gasteiger partial charge in [-0.15, -0.1) is 0 Å². The van der Waals surface area contributed by atoms with Crippen LogP contribution in [0.4, 0.5) is 0 Å². The molecule has 2 aromatic rings. The summed E-state index contributed by atoms with van der Waals surface area (Å²) in [6.07, 6.45) is 1.42. The van der Waals surface area contributed by atoms with Gasteiger partial charge in [0.05, 0.1) is 11.0 Å². The number of carbonyl (C=O) groups is 2. The number of nitrogens with one attached hydrogen (secondary N) is 2. The van der Waals surface area contributed by atoms with Crippen molar-refractivity contribution < 1.29 is 14.3 Å². The maximum atomic E-state index is 12.3. The molecule has 2 amide bonds. The molecule has 0 atom stereocenters. The van der Waals surface area contributed by atoms with Crippen molar-refractivity contribution in [2.24, 2.45) is 5.92 Å². The number of carbonyl (C=O) groups excluding carboxylic acids is 2. The van der Waals surface area contributed by atoms with E-state index in [-0.39, 0.29) is 25.0 Å². The molecule has 0 aliphatic carbocycles. The maximum Gasteiger partial charge on any atom is 0.245 e. The molecule has 1 aromatic carbocycles. The molecular formula is C19H28N4O3. The Kier molecular flexibility index (Phi) is 7.59. The van der Waals surface area contributed by atoms with Gasteiger partial charge in [0.15, 0.2) is 0 Å². The van der Waals surface area contributed by atoms with Crippen LogP contribution in [0.15, 0.2) is 24.3 Å². The van der Waals surface area contributed by atoms with E-state index in [0.29, 0.717) is 25.4 Å². The van der Waals surface area contributed by atoms with E-state index in [1.807, 2.05) is 28.8 Å². The number of para-hydroxylation sites is 2. The molecule has 2 rings (SSSR count). The highest BCUT2D eigenvalue weighted by atomic mass is 16.5. The Morgan fingerprint density at radius 1 is 1.19 bits per heavy atom. The van der Waals surface area contributed by atoms with Crippen LogP contribution >= 0.6 is 0 Å². The number of nitrogens with zero attached hydrogens (tertiary/aromatic N) is 2. The van der Waals surface area contributed by atoms with Gasteiger partial charge in [-0.25, -0.2) is 4.98 Å². The van der Waals surface area contributed by atoms with Crippen molar-refractivity contribution in [1.29, 1.82) is 0 Å². The fraction of sp³-hybridized carbons (Fsp3) is 0.526. The second-order valence-corrected chi connectivity index (χ2v) is 6.69. The van der Waals surface area contributed by atoms with Crippen molar-refractivity contribution in [3.63, 3.8) is 0 Å². The van der Waals surface area contributed by atoms with Gasteiger partial charge in [-0.2, -0.15) is 0 Å². The zero-order valence-electron chi connectivity index (χ0n) is 15.7. The van der Waals surface area contributed by atoms with Crippen LogP contribution in [0.3, 0.4) is 0 Å². The van der Waals surface area contributed by atoms with Gasteiger partial charge in [-0.1, -0.05) is 26.0 Å². The fourth-order valence-electron chi connectivity index (χ4n) is 2.67. The standard InChI is InChI=1S/C19H28N4O3/c1-14(2)11-21-18(24)12-23-16-8-5-4-7-15(16)22-17(23)9-6-10-20-19(25)13-26-3/h4-5,7-8,14H,6,9-13H2,1-3H3,(H,20,25)(H,21,24). The molecular weight excluding hydrogens is 332 g/mol. The first-order valence-electron chi connectivity index (χ1n) is 8.97. The predicted octanol–water partition coefficient (Wildman–Crippen LogP) is 1.50. The first-order valence-corrected chi connectivity index (χ1v) is 8.97. The molecule has 0 unspecified atom stereocenters. The molecule has 0 aliphatic heterocycles. The summed E-state index contributed by atoms with van der Waals surface area (Å²) >= 11 is 0. The number of hydrogen-bond acceptors (Lipinski definition) is 4. The van der Waals surface area contributed by atoms with E-state index in [9.17, 15) is 9.59 Å². The van der Waals surface area contributed by atoms with E-state index in [1.54, 1.807) is 0 Å². The predicted molar refractivity (Wildman–Crippen MR) is 101 cm³/mol. The summed E-state index contributed by atoms with van der Waals surface area (Å²) < 4.78 is 6.75. The lowest BCUT2D eigenvalue weighted by atomic mass is 10.2. The Bertz CT molecular complexity index is 739. The minimum absolute atomic E-state index is 0.0171. The molecule has 1 heterocycles. The number of aryl methyl sites for hydroxylation is 1. The maximum absolute atomic E-state index is 12.3. The third-order valence-electron chi connectivity index (χ3n) is 3.92. The van der Waals surface area contributed by atoms with Gasteiger partial charge >= 0.3 is 0 Å². The van der Waals surface area contributed by atoms with Gasteiger partial charge in [0.2, 0.25) is 11.8 Å². The largest absolute Gasteiger partial charge is 0.375 e. The Morgan fingerprint density at radius 2 is 1.96 bits per heavy atom. The normalized spacial score (nSPS) is 11.1. The smallest absolute Gasteiger partial charge is 0.245 e. The number of ether oxygens (including phenoxy) is 1. The average molecular weight is 360 g/mol. The summed E-state index contributed by atoms with van der Waals surface area (Å²) in [5.74, 6) is 1.12. The van der Waals surface area contributed by atoms with Crippen LogP contribution < -0.4 is 10.6 Å². The van der Waals surface area contributed by atoms with Crippen molar-refractivity contribution in [1.82, 2.24) is 20.2 Å². The van der Waals surface area contributed by atoms with Crippen molar-refractivity contribution in [2.75, 3.05) is 26.8 Å². The van der Waals surface area contributed by atoms with E-state index in [2.05, 4.69) is 29.5 Å². The molecule has 26 heavy (non-hydrogen) atoms. The Morgan fingerprint density at radius 3 is 2.69 bits per heavy atom. The molecule has 0 fully saturated rings. The van der Waals surface area contributed by atoms with E-state index in [0.717, 1.165) is 23.3 Å². The number of benzene rings is 1. The molecule has 0 aliphatic rings. The molecule has 0 saturated carbocycles. The quantitative estimate of drug-likeness (QED) is 0.629. The monoisotopic (exact) mass is 360 g/mol. The van der Waals surface area contributed by atoms with Gasteiger partial charge in [0, 0.05) is 26.6 Å². The van der Waals surface area contributed by atoms with Gasteiger partial charge in [0.25, 0.3) is 0 Å². The van der Waals surface area contributed by atoms with Crippen LogP contribution in [0.25, 0.3) is 11.0 Å². The van der Waals surface area contributed by atoms with Crippen LogP contribution in [-0.4, -0.2) is 48.2 Å². The molecule has 0 bridgehead atoms. The van der Waals surface area contributed by atoms with Crippen molar-refractivity contribution in [2.45, 2.75) is 33.2 Å². The van der Waals surface area contributed by atoms with Crippen molar-refractivity contribution in [3.05, 3.63) is 30.1 Å². The minimum Gasteiger partial charge on any atom is -0.375 e. The lowest BCUT2D eigenvalue weighted by Gasteiger charge is -2.11. The number of amides is 2. The van der Waals surface area contributed by atoms with Gasteiger partial charge in [0.1, 0.15) is 19.0 Å². The first-order chi connectivity index (χ1) is 12.5. The molecule has 2 N–H and O–H groups in total. The van der Waals surface area contributed by atoms with E-state index in [1.165, 1.54) is 7.11 Å². The molecule has 0 spiro atoms. The number of methoxy groups -OCH3 is 1. The Labute approximate surface area is 154 Å². The van der Waals surface area contributed by atoms with Crippen LogP contribution in [-0.2, 0) is 27.3 Å². The summed E-state index contributed by atoms with van der Waals surface area (Å²) in [5.41, 5.74) is 1.83. The summed E-state index contributed by atoms with van der Waals surface area (Å²) in [7, 11) is 1.49. The zero-order valence-corrected chi connectivity index (χ0v) is 15.7. The summed E-state index contributed by atoms with van der Waals surface area (Å²) in [6.45, 7) is 5.65. The Balaban J connectivity index is 2.03. The third kappa shape index (κ3) is 5.84. The number of hydrogen-bond donors (Lipinski definition) is 2. The lowest BCUT2D eigenvalue weighted by molar-refractivity contribution is -0.124. The van der Waals surface area contributed by atoms with Crippen LogP contribution in [0, 0.1) is 5.92 Å². The SMILES string of the molecule is COCC(=O)NCCCc1nc2ccccc2n1CC(=O)NCC(C)C. The van der Waals surface area contributed by atoms with Crippen molar-refractivity contribution in [3.8, 4) is 0 Å². The number of rotatable bonds is 10. The lowest BCUT2D eigenvalue weighted by Crippen LogP contribution is -2.31. The summed E-state index contributed by atoms with van der Waals surface area (Å²) in [6, 6.07) is 7.80. The topological polar surface area (TPSA) is 85.2 Å². The highest BCUT2D eigenvalue weighted by molar-refractivity contribution is 5.81. The number of aromatic nitrogens is 2. The fourth-order valence-corrected chi connectivity index (χ4v) is 2.67.